The predicted octanol–water partition coefficient (Wildman–Crippen LogP) is 1.03. The maximum atomic E-state index is 11.5. The van der Waals surface area contributed by atoms with Crippen LogP contribution in [0.3, 0.4) is 0 Å². The van der Waals surface area contributed by atoms with Gasteiger partial charge in [-0.2, -0.15) is 0 Å². The van der Waals surface area contributed by atoms with Crippen molar-refractivity contribution in [3.8, 4) is 0 Å². The van der Waals surface area contributed by atoms with Crippen LogP contribution in [0.5, 0.6) is 0 Å². The fraction of sp³-hybridized carbons (Fsp3) is 0.857. The number of likely N-dealkylation sites (N-methyl/N-ethyl adjacent to an activating group) is 1. The zero-order valence-corrected chi connectivity index (χ0v) is 10.5. The third-order valence-electron chi connectivity index (χ3n) is 1.71. The van der Waals surface area contributed by atoms with Crippen molar-refractivity contribution in [1.82, 2.24) is 10.2 Å². The molecule has 0 aromatic carbocycles. The number of halogens is 4. The maximum Gasteiger partial charge on any atom is 0.522 e. The van der Waals surface area contributed by atoms with Crippen molar-refractivity contribution in [2.45, 2.75) is 6.36 Å². The third kappa shape index (κ3) is 6.03. The van der Waals surface area contributed by atoms with Gasteiger partial charge in [0.15, 0.2) is 5.96 Å². The molecule has 0 spiro atoms. The van der Waals surface area contributed by atoms with E-state index in [-0.39, 0.29) is 30.5 Å². The Morgan fingerprint density at radius 3 is 2.67 bits per heavy atom. The SMILES string of the molecule is CN1CCN=C1NCCOC(F)(F)F.I. The molecule has 0 fully saturated rings. The van der Waals surface area contributed by atoms with E-state index in [9.17, 15) is 13.2 Å². The molecule has 0 aromatic rings. The number of nitrogens with zero attached hydrogens (tertiary/aromatic N) is 2. The molecule has 1 aliphatic heterocycles. The zero-order valence-electron chi connectivity index (χ0n) is 8.17. The number of alkyl halides is 3. The predicted molar refractivity (Wildman–Crippen MR) is 60.4 cm³/mol. The summed E-state index contributed by atoms with van der Waals surface area (Å²) in [4.78, 5) is 5.89. The zero-order chi connectivity index (χ0) is 10.6. The molecular formula is C7H13F3IN3O. The Morgan fingerprint density at radius 1 is 1.53 bits per heavy atom. The summed E-state index contributed by atoms with van der Waals surface area (Å²) in [5.74, 6) is 0.621. The number of guanidine groups is 1. The molecule has 0 amide bonds. The lowest BCUT2D eigenvalue weighted by Crippen LogP contribution is -2.37. The van der Waals surface area contributed by atoms with Crippen molar-refractivity contribution in [2.75, 3.05) is 33.3 Å². The van der Waals surface area contributed by atoms with E-state index in [1.165, 1.54) is 0 Å². The van der Waals surface area contributed by atoms with E-state index in [0.717, 1.165) is 6.54 Å². The molecule has 1 rings (SSSR count). The molecule has 15 heavy (non-hydrogen) atoms. The largest absolute Gasteiger partial charge is 0.522 e. The van der Waals surface area contributed by atoms with Gasteiger partial charge in [0.2, 0.25) is 0 Å². The summed E-state index contributed by atoms with van der Waals surface area (Å²) >= 11 is 0. The van der Waals surface area contributed by atoms with Crippen LogP contribution in [0.2, 0.25) is 0 Å². The van der Waals surface area contributed by atoms with Gasteiger partial charge >= 0.3 is 6.36 Å². The molecule has 4 nitrogen and oxygen atoms in total. The lowest BCUT2D eigenvalue weighted by atomic mass is 10.6. The first-order valence-corrected chi connectivity index (χ1v) is 4.19. The molecule has 0 unspecified atom stereocenters. The Kier molecular flexibility index (Phi) is 6.25. The van der Waals surface area contributed by atoms with Crippen molar-refractivity contribution in [3.63, 3.8) is 0 Å². The average molecular weight is 339 g/mol. The average Bonchev–Trinajstić information content (AvgIpc) is 2.44. The van der Waals surface area contributed by atoms with Crippen LogP contribution in [0.4, 0.5) is 13.2 Å². The van der Waals surface area contributed by atoms with E-state index < -0.39 is 13.0 Å². The second-order valence-corrected chi connectivity index (χ2v) is 2.85. The summed E-state index contributed by atoms with van der Waals surface area (Å²) in [5, 5.41) is 2.75. The van der Waals surface area contributed by atoms with Gasteiger partial charge in [0, 0.05) is 20.1 Å². The Hall–Kier alpha value is -0.250. The first-order valence-electron chi connectivity index (χ1n) is 4.19. The van der Waals surface area contributed by atoms with Crippen LogP contribution in [-0.4, -0.2) is 50.5 Å². The van der Waals surface area contributed by atoms with Gasteiger partial charge < -0.3 is 10.2 Å². The summed E-state index contributed by atoms with van der Waals surface area (Å²) in [5.41, 5.74) is 0. The lowest BCUT2D eigenvalue weighted by Gasteiger charge is -2.15. The number of hydrogen-bond donors (Lipinski definition) is 1. The normalized spacial score (nSPS) is 16.0. The van der Waals surface area contributed by atoms with E-state index in [0.29, 0.717) is 12.5 Å². The minimum absolute atomic E-state index is 0. The van der Waals surface area contributed by atoms with Gasteiger partial charge in [-0.3, -0.25) is 9.73 Å². The van der Waals surface area contributed by atoms with Gasteiger partial charge in [0.05, 0.1) is 13.2 Å². The van der Waals surface area contributed by atoms with Gasteiger partial charge in [-0.25, -0.2) is 0 Å². The van der Waals surface area contributed by atoms with Crippen LogP contribution < -0.4 is 5.32 Å². The molecule has 90 valence electrons. The molecule has 1 aliphatic rings. The fourth-order valence-electron chi connectivity index (χ4n) is 1.05. The lowest BCUT2D eigenvalue weighted by molar-refractivity contribution is -0.323. The molecule has 0 aliphatic carbocycles. The van der Waals surface area contributed by atoms with E-state index in [1.807, 2.05) is 11.9 Å². The standard InChI is InChI=1S/C7H12F3N3O.HI/c1-13-4-2-11-6(13)12-3-5-14-7(8,9)10;/h2-5H2,1H3,(H,11,12);1H. The molecule has 0 aromatic heterocycles. The first-order chi connectivity index (χ1) is 6.49. The number of nitrogens with one attached hydrogen (secondary N) is 1. The summed E-state index contributed by atoms with van der Waals surface area (Å²) in [7, 11) is 1.82. The highest BCUT2D eigenvalue weighted by atomic mass is 127. The van der Waals surface area contributed by atoms with E-state index in [1.54, 1.807) is 0 Å². The van der Waals surface area contributed by atoms with Crippen molar-refractivity contribution < 1.29 is 17.9 Å². The maximum absolute atomic E-state index is 11.5. The van der Waals surface area contributed by atoms with Crippen molar-refractivity contribution in [1.29, 1.82) is 0 Å². The Bertz CT molecular complexity index is 222. The van der Waals surface area contributed by atoms with Crippen LogP contribution in [0.1, 0.15) is 0 Å². The molecule has 8 heteroatoms. The Morgan fingerprint density at radius 2 is 2.20 bits per heavy atom. The summed E-state index contributed by atoms with van der Waals surface area (Å²) in [6, 6.07) is 0. The molecule has 1 heterocycles. The van der Waals surface area contributed by atoms with Crippen LogP contribution in [0.25, 0.3) is 0 Å². The number of aliphatic imine (C=N–C) groups is 1. The Labute approximate surface area is 103 Å². The molecule has 0 bridgehead atoms. The molecule has 1 N–H and O–H groups in total. The smallest absolute Gasteiger partial charge is 0.354 e. The van der Waals surface area contributed by atoms with Gasteiger partial charge in [-0.15, -0.1) is 37.1 Å². The summed E-state index contributed by atoms with van der Waals surface area (Å²) < 4.78 is 38.2. The number of ether oxygens (including phenoxy) is 1. The summed E-state index contributed by atoms with van der Waals surface area (Å²) in [6.07, 6.45) is -4.55. The second-order valence-electron chi connectivity index (χ2n) is 2.85. The van der Waals surface area contributed by atoms with Gasteiger partial charge in [0.25, 0.3) is 0 Å². The number of rotatable bonds is 3. The molecule has 0 atom stereocenters. The van der Waals surface area contributed by atoms with Crippen molar-refractivity contribution >= 4 is 29.9 Å². The van der Waals surface area contributed by atoms with Crippen LogP contribution in [0.15, 0.2) is 4.99 Å². The van der Waals surface area contributed by atoms with Gasteiger partial charge in [0.1, 0.15) is 0 Å². The topological polar surface area (TPSA) is 36.9 Å². The quantitative estimate of drug-likeness (QED) is 0.617. The minimum atomic E-state index is -4.55. The van der Waals surface area contributed by atoms with Crippen LogP contribution in [-0.2, 0) is 4.74 Å². The second kappa shape index (κ2) is 6.36. The molecule has 0 saturated carbocycles. The first kappa shape index (κ1) is 14.8. The van der Waals surface area contributed by atoms with E-state index >= 15 is 0 Å². The fourth-order valence-corrected chi connectivity index (χ4v) is 1.05. The van der Waals surface area contributed by atoms with Gasteiger partial charge in [-0.05, 0) is 0 Å². The van der Waals surface area contributed by atoms with Crippen molar-refractivity contribution in [2.24, 2.45) is 4.99 Å². The van der Waals surface area contributed by atoms with Gasteiger partial charge in [-0.1, -0.05) is 0 Å². The van der Waals surface area contributed by atoms with E-state index in [4.69, 9.17) is 0 Å². The third-order valence-corrected chi connectivity index (χ3v) is 1.71. The van der Waals surface area contributed by atoms with Crippen molar-refractivity contribution in [3.05, 3.63) is 0 Å². The Balaban J connectivity index is 0.00000196. The number of hydrogen-bond acceptors (Lipinski definition) is 4. The summed E-state index contributed by atoms with van der Waals surface area (Å²) in [6.45, 7) is 1.17. The molecule has 0 saturated heterocycles. The molecular weight excluding hydrogens is 326 g/mol. The monoisotopic (exact) mass is 339 g/mol. The highest BCUT2D eigenvalue weighted by Crippen LogP contribution is 2.15. The highest BCUT2D eigenvalue weighted by molar-refractivity contribution is 14.0. The van der Waals surface area contributed by atoms with Crippen LogP contribution >= 0.6 is 24.0 Å². The molecule has 0 radical (unpaired) electrons. The van der Waals surface area contributed by atoms with E-state index in [2.05, 4.69) is 15.0 Å². The van der Waals surface area contributed by atoms with Crippen LogP contribution in [0, 0.1) is 0 Å². The highest BCUT2D eigenvalue weighted by Gasteiger charge is 2.28. The minimum Gasteiger partial charge on any atom is -0.354 e.